The highest BCUT2D eigenvalue weighted by atomic mass is 19.1. The Hall–Kier alpha value is -1.09. The van der Waals surface area contributed by atoms with E-state index < -0.39 is 0 Å². The third-order valence-electron chi connectivity index (χ3n) is 2.77. The molecule has 0 unspecified atom stereocenters. The van der Waals surface area contributed by atoms with Crippen LogP contribution in [0.25, 0.3) is 0 Å². The van der Waals surface area contributed by atoms with Crippen molar-refractivity contribution in [1.82, 2.24) is 0 Å². The molecule has 2 N–H and O–H groups in total. The average Bonchev–Trinajstić information content (AvgIpc) is 2.84. The predicted molar refractivity (Wildman–Crippen MR) is 55.8 cm³/mol. The summed E-state index contributed by atoms with van der Waals surface area (Å²) in [5.41, 5.74) is 7.86. The van der Waals surface area contributed by atoms with E-state index in [0.29, 0.717) is 0 Å². The summed E-state index contributed by atoms with van der Waals surface area (Å²) < 4.78 is 13.0. The van der Waals surface area contributed by atoms with Crippen molar-refractivity contribution in [2.24, 2.45) is 5.73 Å². The largest absolute Gasteiger partial charge is 0.377 e. The molecule has 0 spiro atoms. The summed E-state index contributed by atoms with van der Waals surface area (Å²) in [5, 5.41) is 0. The summed E-state index contributed by atoms with van der Waals surface area (Å²) in [6.45, 7) is 0. The Morgan fingerprint density at radius 2 is 2.00 bits per heavy atom. The molecule has 1 fully saturated rings. The quantitative estimate of drug-likeness (QED) is 0.778. The van der Waals surface area contributed by atoms with Crippen LogP contribution in [0.3, 0.4) is 0 Å². The summed E-state index contributed by atoms with van der Waals surface area (Å²) in [6, 6.07) is 4.83. The molecule has 2 nitrogen and oxygen atoms in total. The van der Waals surface area contributed by atoms with Crippen LogP contribution in [0.1, 0.15) is 18.4 Å². The zero-order valence-electron chi connectivity index (χ0n) is 8.55. The van der Waals surface area contributed by atoms with Gasteiger partial charge in [0.1, 0.15) is 5.82 Å². The highest BCUT2D eigenvalue weighted by molar-refractivity contribution is 5.57. The van der Waals surface area contributed by atoms with E-state index in [1.807, 2.05) is 19.0 Å². The predicted octanol–water partition coefficient (Wildman–Crippen LogP) is 1.84. The molecule has 0 saturated heterocycles. The zero-order valence-corrected chi connectivity index (χ0v) is 8.55. The van der Waals surface area contributed by atoms with Gasteiger partial charge in [-0.3, -0.25) is 0 Å². The van der Waals surface area contributed by atoms with Crippen LogP contribution in [0.2, 0.25) is 0 Å². The van der Waals surface area contributed by atoms with E-state index in [0.717, 1.165) is 24.1 Å². The van der Waals surface area contributed by atoms with Crippen molar-refractivity contribution in [2.45, 2.75) is 18.4 Å². The van der Waals surface area contributed by atoms with Crippen LogP contribution in [0.5, 0.6) is 0 Å². The Labute approximate surface area is 83.5 Å². The molecule has 1 saturated carbocycles. The molecule has 1 aliphatic rings. The SMILES string of the molecule is CN(C)c1cc(F)ccc1C1(N)CC1. The molecule has 0 heterocycles. The molecule has 14 heavy (non-hydrogen) atoms. The second-order valence-corrected chi connectivity index (χ2v) is 4.21. The fourth-order valence-corrected chi connectivity index (χ4v) is 1.70. The summed E-state index contributed by atoms with van der Waals surface area (Å²) in [6.07, 6.45) is 2.00. The van der Waals surface area contributed by atoms with E-state index in [9.17, 15) is 4.39 Å². The number of nitrogens with zero attached hydrogens (tertiary/aromatic N) is 1. The molecule has 3 heteroatoms. The first-order valence-electron chi connectivity index (χ1n) is 4.79. The molecular formula is C11H15FN2. The number of nitrogens with two attached hydrogens (primary N) is 1. The first-order chi connectivity index (χ1) is 6.53. The molecule has 1 aromatic rings. The molecular weight excluding hydrogens is 179 g/mol. The maximum atomic E-state index is 13.0. The minimum absolute atomic E-state index is 0.201. The first kappa shape index (κ1) is 9.46. The van der Waals surface area contributed by atoms with Crippen LogP contribution >= 0.6 is 0 Å². The lowest BCUT2D eigenvalue weighted by Crippen LogP contribution is -2.23. The normalized spacial score (nSPS) is 18.0. The van der Waals surface area contributed by atoms with Crippen LogP contribution < -0.4 is 10.6 Å². The number of hydrogen-bond donors (Lipinski definition) is 1. The standard InChI is InChI=1S/C11H15FN2/c1-14(2)10-7-8(12)3-4-9(10)11(13)5-6-11/h3-4,7H,5-6,13H2,1-2H3. The second kappa shape index (κ2) is 2.95. The summed E-state index contributed by atoms with van der Waals surface area (Å²) in [4.78, 5) is 1.91. The van der Waals surface area contributed by atoms with Crippen LogP contribution in [0.4, 0.5) is 10.1 Å². The van der Waals surface area contributed by atoms with E-state index >= 15 is 0 Å². The third kappa shape index (κ3) is 1.48. The molecule has 76 valence electrons. The van der Waals surface area contributed by atoms with Crippen molar-refractivity contribution >= 4 is 5.69 Å². The molecule has 0 radical (unpaired) electrons. The van der Waals surface area contributed by atoms with Gasteiger partial charge in [0, 0.05) is 25.3 Å². The molecule has 0 aromatic heterocycles. The van der Waals surface area contributed by atoms with Crippen molar-refractivity contribution < 1.29 is 4.39 Å². The zero-order chi connectivity index (χ0) is 10.3. The summed E-state index contributed by atoms with van der Waals surface area (Å²) in [5.74, 6) is -0.207. The Bertz CT molecular complexity index is 356. The Morgan fingerprint density at radius 3 is 2.50 bits per heavy atom. The maximum absolute atomic E-state index is 13.0. The average molecular weight is 194 g/mol. The van der Waals surface area contributed by atoms with Gasteiger partial charge in [-0.2, -0.15) is 0 Å². The van der Waals surface area contributed by atoms with Gasteiger partial charge in [-0.15, -0.1) is 0 Å². The maximum Gasteiger partial charge on any atom is 0.125 e. The number of benzene rings is 1. The number of hydrogen-bond acceptors (Lipinski definition) is 2. The van der Waals surface area contributed by atoms with Gasteiger partial charge in [-0.25, -0.2) is 4.39 Å². The van der Waals surface area contributed by atoms with E-state index in [-0.39, 0.29) is 11.4 Å². The van der Waals surface area contributed by atoms with Crippen LogP contribution in [-0.2, 0) is 5.54 Å². The fraction of sp³-hybridized carbons (Fsp3) is 0.455. The van der Waals surface area contributed by atoms with Gasteiger partial charge in [-0.05, 0) is 30.5 Å². The second-order valence-electron chi connectivity index (χ2n) is 4.21. The molecule has 0 bridgehead atoms. The molecule has 0 aliphatic heterocycles. The fourth-order valence-electron chi connectivity index (χ4n) is 1.70. The van der Waals surface area contributed by atoms with E-state index in [1.54, 1.807) is 12.1 Å². The molecule has 0 atom stereocenters. The number of rotatable bonds is 2. The van der Waals surface area contributed by atoms with E-state index in [2.05, 4.69) is 0 Å². The lowest BCUT2D eigenvalue weighted by atomic mass is 10.0. The van der Waals surface area contributed by atoms with E-state index in [1.165, 1.54) is 6.07 Å². The Kier molecular flexibility index (Phi) is 2.00. The van der Waals surface area contributed by atoms with Gasteiger partial charge in [0.2, 0.25) is 0 Å². The van der Waals surface area contributed by atoms with Crippen LogP contribution in [0.15, 0.2) is 18.2 Å². The minimum Gasteiger partial charge on any atom is -0.377 e. The molecule has 1 aromatic carbocycles. The van der Waals surface area contributed by atoms with Crippen molar-refractivity contribution in [3.05, 3.63) is 29.6 Å². The highest BCUT2D eigenvalue weighted by Gasteiger charge is 2.41. The van der Waals surface area contributed by atoms with Gasteiger partial charge in [-0.1, -0.05) is 6.07 Å². The number of anilines is 1. The molecule has 2 rings (SSSR count). The topological polar surface area (TPSA) is 29.3 Å². The number of halogens is 1. The van der Waals surface area contributed by atoms with Gasteiger partial charge >= 0.3 is 0 Å². The van der Waals surface area contributed by atoms with E-state index in [4.69, 9.17) is 5.73 Å². The van der Waals surface area contributed by atoms with Crippen molar-refractivity contribution in [2.75, 3.05) is 19.0 Å². The third-order valence-corrected chi connectivity index (χ3v) is 2.77. The van der Waals surface area contributed by atoms with Gasteiger partial charge in [0.05, 0.1) is 0 Å². The van der Waals surface area contributed by atoms with Gasteiger partial charge in [0.15, 0.2) is 0 Å². The van der Waals surface area contributed by atoms with Crippen molar-refractivity contribution in [1.29, 1.82) is 0 Å². The Balaban J connectivity index is 2.48. The minimum atomic E-state index is -0.207. The van der Waals surface area contributed by atoms with Crippen molar-refractivity contribution in [3.63, 3.8) is 0 Å². The first-order valence-corrected chi connectivity index (χ1v) is 4.79. The van der Waals surface area contributed by atoms with Crippen LogP contribution in [0, 0.1) is 5.82 Å². The Morgan fingerprint density at radius 1 is 1.36 bits per heavy atom. The summed E-state index contributed by atoms with van der Waals surface area (Å²) >= 11 is 0. The smallest absolute Gasteiger partial charge is 0.125 e. The highest BCUT2D eigenvalue weighted by Crippen LogP contribution is 2.46. The van der Waals surface area contributed by atoms with Crippen LogP contribution in [-0.4, -0.2) is 14.1 Å². The molecule has 0 amide bonds. The lowest BCUT2D eigenvalue weighted by Gasteiger charge is -2.21. The summed E-state index contributed by atoms with van der Waals surface area (Å²) in [7, 11) is 3.81. The molecule has 1 aliphatic carbocycles. The lowest BCUT2D eigenvalue weighted by molar-refractivity contribution is 0.624. The van der Waals surface area contributed by atoms with Crippen molar-refractivity contribution in [3.8, 4) is 0 Å². The van der Waals surface area contributed by atoms with Gasteiger partial charge in [0.25, 0.3) is 0 Å². The monoisotopic (exact) mass is 194 g/mol. The van der Waals surface area contributed by atoms with Gasteiger partial charge < -0.3 is 10.6 Å².